The predicted molar refractivity (Wildman–Crippen MR) is 51.6 cm³/mol. The van der Waals surface area contributed by atoms with Crippen LogP contribution in [-0.4, -0.2) is 24.2 Å². The van der Waals surface area contributed by atoms with Crippen molar-refractivity contribution < 1.29 is 9.90 Å². The van der Waals surface area contributed by atoms with Crippen LogP contribution in [0.4, 0.5) is 0 Å². The lowest BCUT2D eigenvalue weighted by atomic mass is 9.96. The van der Waals surface area contributed by atoms with Gasteiger partial charge in [-0.15, -0.1) is 0 Å². The van der Waals surface area contributed by atoms with Crippen LogP contribution in [0.2, 0.25) is 0 Å². The van der Waals surface area contributed by atoms with E-state index in [1.165, 1.54) is 0 Å². The van der Waals surface area contributed by atoms with E-state index in [2.05, 4.69) is 12.2 Å². The molecule has 0 saturated heterocycles. The summed E-state index contributed by atoms with van der Waals surface area (Å²) in [5.41, 5.74) is 0. The minimum Gasteiger partial charge on any atom is -0.481 e. The maximum atomic E-state index is 10.8. The van der Waals surface area contributed by atoms with Gasteiger partial charge in [-0.3, -0.25) is 4.79 Å². The van der Waals surface area contributed by atoms with Gasteiger partial charge in [-0.2, -0.15) is 0 Å². The quantitative estimate of drug-likeness (QED) is 0.638. The van der Waals surface area contributed by atoms with Crippen LogP contribution in [0.5, 0.6) is 0 Å². The van der Waals surface area contributed by atoms with Crippen LogP contribution in [0, 0.1) is 11.8 Å². The van der Waals surface area contributed by atoms with Crippen LogP contribution in [0.15, 0.2) is 0 Å². The van der Waals surface area contributed by atoms with E-state index in [1.807, 2.05) is 0 Å². The molecule has 1 fully saturated rings. The molecule has 0 aromatic heterocycles. The summed E-state index contributed by atoms with van der Waals surface area (Å²) in [5, 5.41) is 12.2. The van der Waals surface area contributed by atoms with Gasteiger partial charge in [0.05, 0.1) is 5.92 Å². The van der Waals surface area contributed by atoms with Crippen molar-refractivity contribution in [2.24, 2.45) is 11.8 Å². The topological polar surface area (TPSA) is 49.3 Å². The van der Waals surface area contributed by atoms with E-state index in [4.69, 9.17) is 5.11 Å². The minimum absolute atomic E-state index is 0.0932. The maximum absolute atomic E-state index is 10.8. The molecule has 0 radical (unpaired) electrons. The molecule has 2 unspecified atom stereocenters. The molecule has 0 heterocycles. The van der Waals surface area contributed by atoms with E-state index >= 15 is 0 Å². The largest absolute Gasteiger partial charge is 0.481 e. The van der Waals surface area contributed by atoms with Gasteiger partial charge in [-0.1, -0.05) is 13.3 Å². The third kappa shape index (κ3) is 2.99. The number of rotatable bonds is 5. The summed E-state index contributed by atoms with van der Waals surface area (Å²) in [7, 11) is 0. The van der Waals surface area contributed by atoms with E-state index in [0.717, 1.165) is 38.8 Å². The van der Waals surface area contributed by atoms with Gasteiger partial charge in [0.1, 0.15) is 0 Å². The fourth-order valence-corrected chi connectivity index (χ4v) is 2.07. The highest BCUT2D eigenvalue weighted by Gasteiger charge is 2.32. The van der Waals surface area contributed by atoms with Crippen molar-refractivity contribution in [1.29, 1.82) is 0 Å². The monoisotopic (exact) mass is 185 g/mol. The van der Waals surface area contributed by atoms with Crippen LogP contribution >= 0.6 is 0 Å². The number of carboxylic acids is 1. The van der Waals surface area contributed by atoms with Crippen LogP contribution in [-0.2, 0) is 4.79 Å². The fraction of sp³-hybridized carbons (Fsp3) is 0.900. The van der Waals surface area contributed by atoms with E-state index in [1.54, 1.807) is 0 Å². The number of carboxylic acid groups (broad SMARTS) is 1. The molecule has 1 rings (SSSR count). The normalized spacial score (nSPS) is 27.8. The Labute approximate surface area is 79.5 Å². The molecule has 2 atom stereocenters. The zero-order chi connectivity index (χ0) is 9.68. The summed E-state index contributed by atoms with van der Waals surface area (Å²) >= 11 is 0. The molecular formula is C10H19NO2. The molecule has 0 aromatic carbocycles. The summed E-state index contributed by atoms with van der Waals surface area (Å²) in [6.45, 7) is 4.00. The number of carbonyl (C=O) groups is 1. The zero-order valence-electron chi connectivity index (χ0n) is 8.25. The highest BCUT2D eigenvalue weighted by atomic mass is 16.4. The van der Waals surface area contributed by atoms with Gasteiger partial charge in [0.15, 0.2) is 0 Å². The van der Waals surface area contributed by atoms with Crippen LogP contribution in [0.3, 0.4) is 0 Å². The van der Waals surface area contributed by atoms with Crippen LogP contribution < -0.4 is 5.32 Å². The second-order valence-corrected chi connectivity index (χ2v) is 3.84. The number of hydrogen-bond donors (Lipinski definition) is 2. The smallest absolute Gasteiger partial charge is 0.306 e. The van der Waals surface area contributed by atoms with Crippen molar-refractivity contribution in [1.82, 2.24) is 5.32 Å². The van der Waals surface area contributed by atoms with Crippen LogP contribution in [0.1, 0.15) is 32.6 Å². The standard InChI is InChI=1S/C10H19NO2/c1-2-6-11-7-8-4-3-5-9(8)10(12)13/h8-9,11H,2-7H2,1H3,(H,12,13). The van der Waals surface area contributed by atoms with Crippen molar-refractivity contribution in [2.45, 2.75) is 32.6 Å². The van der Waals surface area contributed by atoms with Crippen molar-refractivity contribution in [3.8, 4) is 0 Å². The van der Waals surface area contributed by atoms with E-state index < -0.39 is 5.97 Å². The maximum Gasteiger partial charge on any atom is 0.306 e. The second kappa shape index (κ2) is 5.22. The Balaban J connectivity index is 2.27. The minimum atomic E-state index is -0.610. The molecule has 1 saturated carbocycles. The summed E-state index contributed by atoms with van der Waals surface area (Å²) < 4.78 is 0. The average molecular weight is 185 g/mol. The van der Waals surface area contributed by atoms with Crippen molar-refractivity contribution in [3.05, 3.63) is 0 Å². The van der Waals surface area contributed by atoms with E-state index in [9.17, 15) is 4.79 Å². The van der Waals surface area contributed by atoms with Crippen LogP contribution in [0.25, 0.3) is 0 Å². The highest BCUT2D eigenvalue weighted by Crippen LogP contribution is 2.31. The lowest BCUT2D eigenvalue weighted by molar-refractivity contribution is -0.142. The molecular weight excluding hydrogens is 166 g/mol. The summed E-state index contributed by atoms with van der Waals surface area (Å²) in [6, 6.07) is 0. The first-order chi connectivity index (χ1) is 6.25. The first-order valence-electron chi connectivity index (χ1n) is 5.19. The highest BCUT2D eigenvalue weighted by molar-refractivity contribution is 5.70. The Kier molecular flexibility index (Phi) is 4.22. The molecule has 3 heteroatoms. The summed E-state index contributed by atoms with van der Waals surface area (Å²) in [6.07, 6.45) is 4.14. The van der Waals surface area contributed by atoms with Crippen molar-refractivity contribution in [2.75, 3.05) is 13.1 Å². The van der Waals surface area contributed by atoms with Gasteiger partial charge in [-0.25, -0.2) is 0 Å². The van der Waals surface area contributed by atoms with Gasteiger partial charge >= 0.3 is 5.97 Å². The molecule has 2 N–H and O–H groups in total. The SMILES string of the molecule is CCCNCC1CCCC1C(=O)O. The molecule has 0 aromatic rings. The summed E-state index contributed by atoms with van der Waals surface area (Å²) in [4.78, 5) is 10.8. The first-order valence-corrected chi connectivity index (χ1v) is 5.19. The Morgan fingerprint density at radius 1 is 1.54 bits per heavy atom. The third-order valence-corrected chi connectivity index (χ3v) is 2.81. The molecule has 0 spiro atoms. The first kappa shape index (κ1) is 10.5. The Hall–Kier alpha value is -0.570. The Morgan fingerprint density at radius 3 is 2.92 bits per heavy atom. The number of hydrogen-bond acceptors (Lipinski definition) is 2. The fourth-order valence-electron chi connectivity index (χ4n) is 2.07. The number of aliphatic carboxylic acids is 1. The average Bonchev–Trinajstić information content (AvgIpc) is 2.53. The van der Waals surface area contributed by atoms with Gasteiger partial charge in [0, 0.05) is 0 Å². The van der Waals surface area contributed by atoms with Crippen molar-refractivity contribution in [3.63, 3.8) is 0 Å². The lowest BCUT2D eigenvalue weighted by Crippen LogP contribution is -2.29. The van der Waals surface area contributed by atoms with Gasteiger partial charge in [0.2, 0.25) is 0 Å². The Morgan fingerprint density at radius 2 is 2.31 bits per heavy atom. The van der Waals surface area contributed by atoms with Crippen molar-refractivity contribution >= 4 is 5.97 Å². The number of nitrogens with one attached hydrogen (secondary N) is 1. The zero-order valence-corrected chi connectivity index (χ0v) is 8.25. The molecule has 1 aliphatic rings. The molecule has 0 aliphatic heterocycles. The molecule has 0 bridgehead atoms. The summed E-state index contributed by atoms with van der Waals surface area (Å²) in [5.74, 6) is -0.339. The Bertz CT molecular complexity index is 170. The molecule has 76 valence electrons. The van der Waals surface area contributed by atoms with Gasteiger partial charge in [-0.05, 0) is 38.3 Å². The van der Waals surface area contributed by atoms with E-state index in [0.29, 0.717) is 5.92 Å². The molecule has 1 aliphatic carbocycles. The van der Waals surface area contributed by atoms with Gasteiger partial charge < -0.3 is 10.4 Å². The molecule has 0 amide bonds. The van der Waals surface area contributed by atoms with Gasteiger partial charge in [0.25, 0.3) is 0 Å². The molecule has 13 heavy (non-hydrogen) atoms. The third-order valence-electron chi connectivity index (χ3n) is 2.81. The molecule has 3 nitrogen and oxygen atoms in total. The second-order valence-electron chi connectivity index (χ2n) is 3.84. The van der Waals surface area contributed by atoms with E-state index in [-0.39, 0.29) is 5.92 Å². The lowest BCUT2D eigenvalue weighted by Gasteiger charge is -2.15. The predicted octanol–water partition coefficient (Wildman–Crippen LogP) is 1.49.